The highest BCUT2D eigenvalue weighted by Crippen LogP contribution is 2.26. The molecule has 0 fully saturated rings. The van der Waals surface area contributed by atoms with E-state index >= 15 is 0 Å². The van der Waals surface area contributed by atoms with Crippen LogP contribution in [0.4, 0.5) is 8.78 Å². The van der Waals surface area contributed by atoms with Crippen LogP contribution in [0.1, 0.15) is 46.3 Å². The zero-order valence-electron chi connectivity index (χ0n) is 10.7. The molecule has 6 heteroatoms. The van der Waals surface area contributed by atoms with E-state index in [0.29, 0.717) is 5.69 Å². The molecule has 0 unspecified atom stereocenters. The molecule has 0 aliphatic carbocycles. The van der Waals surface area contributed by atoms with Gasteiger partial charge < -0.3 is 0 Å². The molecule has 19 heavy (non-hydrogen) atoms. The van der Waals surface area contributed by atoms with E-state index in [4.69, 9.17) is 0 Å². The maximum absolute atomic E-state index is 13.9. The van der Waals surface area contributed by atoms with Crippen molar-refractivity contribution in [1.29, 1.82) is 0 Å². The second-order valence-corrected chi connectivity index (χ2v) is 5.28. The smallest absolute Gasteiger partial charge is 0.212 e. The van der Waals surface area contributed by atoms with Crippen LogP contribution in [0.5, 0.6) is 0 Å². The van der Waals surface area contributed by atoms with Crippen molar-refractivity contribution in [1.82, 2.24) is 9.59 Å². The lowest BCUT2D eigenvalue weighted by Crippen LogP contribution is -2.10. The van der Waals surface area contributed by atoms with Crippen LogP contribution in [0.2, 0.25) is 0 Å². The van der Waals surface area contributed by atoms with E-state index in [1.54, 1.807) is 0 Å². The van der Waals surface area contributed by atoms with Gasteiger partial charge in [-0.15, -0.1) is 5.10 Å². The minimum absolute atomic E-state index is 0.0337. The highest BCUT2D eigenvalue weighted by molar-refractivity contribution is 7.08. The van der Waals surface area contributed by atoms with Crippen LogP contribution in [-0.2, 0) is 0 Å². The minimum Gasteiger partial charge on any atom is -0.287 e. The molecule has 0 amide bonds. The molecule has 0 aliphatic rings. The number of benzene rings is 1. The molecule has 0 bridgehead atoms. The van der Waals surface area contributed by atoms with Crippen molar-refractivity contribution in [2.75, 3.05) is 0 Å². The molecule has 2 aromatic rings. The maximum Gasteiger partial charge on any atom is 0.212 e. The molecule has 0 atom stereocenters. The summed E-state index contributed by atoms with van der Waals surface area (Å²) in [6.07, 6.45) is 0. The second kappa shape index (κ2) is 5.13. The maximum atomic E-state index is 13.9. The van der Waals surface area contributed by atoms with Gasteiger partial charge >= 0.3 is 0 Å². The number of rotatable bonds is 3. The van der Waals surface area contributed by atoms with Gasteiger partial charge in [0.25, 0.3) is 0 Å². The van der Waals surface area contributed by atoms with Gasteiger partial charge in [-0.25, -0.2) is 8.78 Å². The molecule has 1 aromatic carbocycles. The van der Waals surface area contributed by atoms with E-state index < -0.39 is 23.0 Å². The molecule has 0 N–H and O–H groups in total. The number of hydrogen-bond acceptors (Lipinski definition) is 4. The Bertz CT molecular complexity index is 638. The standard InChI is InChI=1S/C13H12F2N2OS/c1-6(2)11-13(19-17-16-11)12(18)9-8(14)5-4-7(3)10(9)15/h4-6H,1-3H3. The number of ketones is 1. The average molecular weight is 282 g/mol. The Balaban J connectivity index is 2.57. The van der Waals surface area contributed by atoms with Crippen molar-refractivity contribution in [2.45, 2.75) is 26.7 Å². The van der Waals surface area contributed by atoms with Crippen molar-refractivity contribution in [3.8, 4) is 0 Å². The SMILES string of the molecule is Cc1ccc(F)c(C(=O)c2snnc2C(C)C)c1F. The third-order valence-electron chi connectivity index (χ3n) is 2.78. The molecule has 0 saturated carbocycles. The first-order valence-electron chi connectivity index (χ1n) is 5.75. The number of nitrogens with zero attached hydrogens (tertiary/aromatic N) is 2. The topological polar surface area (TPSA) is 42.9 Å². The minimum atomic E-state index is -0.865. The lowest BCUT2D eigenvalue weighted by molar-refractivity contribution is 0.103. The quantitative estimate of drug-likeness (QED) is 0.809. The number of hydrogen-bond donors (Lipinski definition) is 0. The first-order valence-corrected chi connectivity index (χ1v) is 6.52. The van der Waals surface area contributed by atoms with E-state index in [1.807, 2.05) is 13.8 Å². The predicted octanol–water partition coefficient (Wildman–Crippen LogP) is 3.48. The lowest BCUT2D eigenvalue weighted by Gasteiger charge is -2.07. The summed E-state index contributed by atoms with van der Waals surface area (Å²) in [4.78, 5) is 12.5. The molecule has 100 valence electrons. The fraction of sp³-hybridized carbons (Fsp3) is 0.308. The Labute approximate surface area is 113 Å². The number of carbonyl (C=O) groups is 1. The summed E-state index contributed by atoms with van der Waals surface area (Å²) in [6, 6.07) is 2.39. The Morgan fingerprint density at radius 3 is 2.63 bits per heavy atom. The monoisotopic (exact) mass is 282 g/mol. The summed E-state index contributed by atoms with van der Waals surface area (Å²) in [5, 5.41) is 3.85. The van der Waals surface area contributed by atoms with Crippen LogP contribution < -0.4 is 0 Å². The summed E-state index contributed by atoms with van der Waals surface area (Å²) in [7, 11) is 0. The van der Waals surface area contributed by atoms with E-state index in [1.165, 1.54) is 13.0 Å². The van der Waals surface area contributed by atoms with Gasteiger partial charge in [-0.05, 0) is 36.0 Å². The number of aryl methyl sites for hydroxylation is 1. The Kier molecular flexibility index (Phi) is 3.71. The van der Waals surface area contributed by atoms with Crippen LogP contribution in [-0.4, -0.2) is 15.4 Å². The Hall–Kier alpha value is -1.69. The van der Waals surface area contributed by atoms with Crippen LogP contribution >= 0.6 is 11.5 Å². The molecule has 0 saturated heterocycles. The van der Waals surface area contributed by atoms with Gasteiger partial charge in [0.1, 0.15) is 16.5 Å². The molecule has 2 rings (SSSR count). The number of carbonyl (C=O) groups excluding carboxylic acids is 1. The number of aromatic nitrogens is 2. The summed E-state index contributed by atoms with van der Waals surface area (Å²) in [6.45, 7) is 5.17. The van der Waals surface area contributed by atoms with Gasteiger partial charge in [-0.2, -0.15) is 0 Å². The first kappa shape index (κ1) is 13.7. The van der Waals surface area contributed by atoms with E-state index in [-0.39, 0.29) is 16.4 Å². The average Bonchev–Trinajstić information content (AvgIpc) is 2.83. The third-order valence-corrected chi connectivity index (χ3v) is 3.52. The Morgan fingerprint density at radius 2 is 2.00 bits per heavy atom. The number of halogens is 2. The van der Waals surface area contributed by atoms with E-state index in [0.717, 1.165) is 17.6 Å². The van der Waals surface area contributed by atoms with E-state index in [2.05, 4.69) is 9.59 Å². The fourth-order valence-corrected chi connectivity index (χ4v) is 2.48. The lowest BCUT2D eigenvalue weighted by atomic mass is 10.0. The largest absolute Gasteiger partial charge is 0.287 e. The summed E-state index contributed by atoms with van der Waals surface area (Å²) in [5.74, 6) is -2.42. The summed E-state index contributed by atoms with van der Waals surface area (Å²) >= 11 is 0.860. The van der Waals surface area contributed by atoms with Gasteiger partial charge in [0.05, 0.1) is 11.3 Å². The van der Waals surface area contributed by atoms with Crippen molar-refractivity contribution < 1.29 is 13.6 Å². The zero-order chi connectivity index (χ0) is 14.2. The first-order chi connectivity index (χ1) is 8.93. The second-order valence-electron chi connectivity index (χ2n) is 4.52. The van der Waals surface area contributed by atoms with Crippen molar-refractivity contribution in [2.24, 2.45) is 0 Å². The van der Waals surface area contributed by atoms with E-state index in [9.17, 15) is 13.6 Å². The van der Waals surface area contributed by atoms with Gasteiger partial charge in [-0.1, -0.05) is 24.4 Å². The molecule has 0 radical (unpaired) electrons. The Morgan fingerprint density at radius 1 is 1.32 bits per heavy atom. The molecular weight excluding hydrogens is 270 g/mol. The zero-order valence-corrected chi connectivity index (χ0v) is 11.5. The molecule has 1 heterocycles. The van der Waals surface area contributed by atoms with Gasteiger partial charge in [0.2, 0.25) is 5.78 Å². The molecule has 1 aromatic heterocycles. The summed E-state index contributed by atoms with van der Waals surface area (Å²) < 4.78 is 31.3. The summed E-state index contributed by atoms with van der Waals surface area (Å²) in [5.41, 5.74) is 0.163. The van der Waals surface area contributed by atoms with Gasteiger partial charge in [0, 0.05) is 0 Å². The van der Waals surface area contributed by atoms with Crippen molar-refractivity contribution in [3.05, 3.63) is 45.5 Å². The third kappa shape index (κ3) is 2.40. The molecule has 3 nitrogen and oxygen atoms in total. The van der Waals surface area contributed by atoms with Crippen molar-refractivity contribution >= 4 is 17.3 Å². The highest BCUT2D eigenvalue weighted by Gasteiger charge is 2.26. The molecule has 0 spiro atoms. The molecule has 0 aliphatic heterocycles. The normalized spacial score (nSPS) is 11.1. The fourth-order valence-electron chi connectivity index (χ4n) is 1.71. The van der Waals surface area contributed by atoms with Crippen LogP contribution in [0.15, 0.2) is 12.1 Å². The predicted molar refractivity (Wildman–Crippen MR) is 68.5 cm³/mol. The highest BCUT2D eigenvalue weighted by atomic mass is 32.1. The van der Waals surface area contributed by atoms with Crippen LogP contribution in [0.25, 0.3) is 0 Å². The van der Waals surface area contributed by atoms with Crippen LogP contribution in [0.3, 0.4) is 0 Å². The van der Waals surface area contributed by atoms with Crippen molar-refractivity contribution in [3.63, 3.8) is 0 Å². The molecular formula is C13H12F2N2OS. The van der Waals surface area contributed by atoms with Gasteiger partial charge in [-0.3, -0.25) is 4.79 Å². The van der Waals surface area contributed by atoms with Crippen LogP contribution in [0, 0.1) is 18.6 Å². The van der Waals surface area contributed by atoms with Gasteiger partial charge in [0.15, 0.2) is 0 Å².